The van der Waals surface area contributed by atoms with Crippen molar-refractivity contribution in [1.29, 1.82) is 0 Å². The van der Waals surface area contributed by atoms with E-state index in [0.29, 0.717) is 0 Å². The minimum Gasteiger partial charge on any atom is -0.480 e. The van der Waals surface area contributed by atoms with E-state index in [-0.39, 0.29) is 18.7 Å². The number of carbonyl (C=O) groups is 2. The zero-order valence-corrected chi connectivity index (χ0v) is 12.7. The van der Waals surface area contributed by atoms with Crippen molar-refractivity contribution in [2.75, 3.05) is 0 Å². The Labute approximate surface area is 129 Å². The monoisotopic (exact) mass is 300 g/mol. The second kappa shape index (κ2) is 6.93. The SMILES string of the molecule is C/C=C/CC(NC(=O)Cc1c[nH]c2cccc(C)c12)C(=O)O. The van der Waals surface area contributed by atoms with Crippen molar-refractivity contribution in [1.82, 2.24) is 10.3 Å². The highest BCUT2D eigenvalue weighted by Gasteiger charge is 2.19. The van der Waals surface area contributed by atoms with Gasteiger partial charge in [0.2, 0.25) is 5.91 Å². The van der Waals surface area contributed by atoms with Gasteiger partial charge in [0, 0.05) is 17.1 Å². The van der Waals surface area contributed by atoms with E-state index in [0.717, 1.165) is 22.0 Å². The van der Waals surface area contributed by atoms with Crippen LogP contribution in [0.15, 0.2) is 36.5 Å². The molecule has 2 rings (SSSR count). The van der Waals surface area contributed by atoms with E-state index in [2.05, 4.69) is 10.3 Å². The first-order valence-corrected chi connectivity index (χ1v) is 7.21. The number of hydrogen-bond donors (Lipinski definition) is 3. The summed E-state index contributed by atoms with van der Waals surface area (Å²) in [5.41, 5.74) is 2.94. The first-order chi connectivity index (χ1) is 10.5. The lowest BCUT2D eigenvalue weighted by atomic mass is 10.0. The number of benzene rings is 1. The molecule has 1 heterocycles. The van der Waals surface area contributed by atoms with Gasteiger partial charge in [-0.05, 0) is 37.5 Å². The number of allylic oxidation sites excluding steroid dienone is 1. The van der Waals surface area contributed by atoms with Crippen molar-refractivity contribution in [3.63, 3.8) is 0 Å². The molecule has 0 aliphatic rings. The van der Waals surface area contributed by atoms with Crippen LogP contribution in [-0.2, 0) is 16.0 Å². The molecule has 1 aromatic heterocycles. The molecule has 22 heavy (non-hydrogen) atoms. The lowest BCUT2D eigenvalue weighted by molar-refractivity contribution is -0.141. The lowest BCUT2D eigenvalue weighted by Crippen LogP contribution is -2.41. The summed E-state index contributed by atoms with van der Waals surface area (Å²) in [6.07, 6.45) is 5.74. The van der Waals surface area contributed by atoms with Gasteiger partial charge in [0.25, 0.3) is 0 Å². The molecule has 0 spiro atoms. The third-order valence-corrected chi connectivity index (χ3v) is 3.59. The molecule has 1 amide bonds. The molecule has 3 N–H and O–H groups in total. The summed E-state index contributed by atoms with van der Waals surface area (Å²) in [6, 6.07) is 5.00. The van der Waals surface area contributed by atoms with Crippen LogP contribution in [-0.4, -0.2) is 28.0 Å². The standard InChI is InChI=1S/C17H20N2O3/c1-3-4-7-14(17(21)22)19-15(20)9-12-10-18-13-8-5-6-11(2)16(12)13/h3-6,8,10,14,18H,7,9H2,1-2H3,(H,19,20)(H,21,22)/b4-3+. The molecule has 0 saturated heterocycles. The minimum atomic E-state index is -1.03. The Balaban J connectivity index is 2.12. The molecule has 0 aliphatic carbocycles. The second-order valence-corrected chi connectivity index (χ2v) is 5.25. The predicted molar refractivity (Wildman–Crippen MR) is 85.7 cm³/mol. The maximum atomic E-state index is 12.1. The lowest BCUT2D eigenvalue weighted by Gasteiger charge is -2.12. The fourth-order valence-corrected chi connectivity index (χ4v) is 2.50. The summed E-state index contributed by atoms with van der Waals surface area (Å²) in [6.45, 7) is 3.80. The maximum absolute atomic E-state index is 12.1. The van der Waals surface area contributed by atoms with E-state index >= 15 is 0 Å². The molecule has 1 atom stereocenters. The zero-order valence-electron chi connectivity index (χ0n) is 12.7. The highest BCUT2D eigenvalue weighted by molar-refractivity contribution is 5.92. The van der Waals surface area contributed by atoms with Crippen molar-refractivity contribution < 1.29 is 14.7 Å². The van der Waals surface area contributed by atoms with E-state index < -0.39 is 12.0 Å². The van der Waals surface area contributed by atoms with Crippen LogP contribution in [0.5, 0.6) is 0 Å². The number of rotatable bonds is 6. The molecular formula is C17H20N2O3. The van der Waals surface area contributed by atoms with E-state index in [9.17, 15) is 9.59 Å². The van der Waals surface area contributed by atoms with Crippen LogP contribution in [0.25, 0.3) is 10.9 Å². The topological polar surface area (TPSA) is 82.2 Å². The van der Waals surface area contributed by atoms with Gasteiger partial charge in [-0.2, -0.15) is 0 Å². The number of carboxylic acid groups (broad SMARTS) is 1. The fraction of sp³-hybridized carbons (Fsp3) is 0.294. The molecule has 5 nitrogen and oxygen atoms in total. The Morgan fingerprint density at radius 1 is 1.41 bits per heavy atom. The summed E-state index contributed by atoms with van der Waals surface area (Å²) in [4.78, 5) is 26.4. The second-order valence-electron chi connectivity index (χ2n) is 5.25. The molecule has 0 fully saturated rings. The summed E-state index contributed by atoms with van der Waals surface area (Å²) in [5.74, 6) is -1.32. The first kappa shape index (κ1) is 15.8. The Bertz CT molecular complexity index is 716. The molecule has 5 heteroatoms. The molecule has 0 saturated carbocycles. The third kappa shape index (κ3) is 3.55. The third-order valence-electron chi connectivity index (χ3n) is 3.59. The normalized spacial score (nSPS) is 12.6. The molecule has 1 aromatic carbocycles. The molecule has 0 aliphatic heterocycles. The van der Waals surface area contributed by atoms with Gasteiger partial charge < -0.3 is 15.4 Å². The van der Waals surface area contributed by atoms with Crippen LogP contribution in [0.2, 0.25) is 0 Å². The number of hydrogen-bond acceptors (Lipinski definition) is 2. The minimum absolute atomic E-state index is 0.157. The van der Waals surface area contributed by atoms with Gasteiger partial charge in [-0.3, -0.25) is 4.79 Å². The van der Waals surface area contributed by atoms with Crippen LogP contribution in [0.1, 0.15) is 24.5 Å². The fourth-order valence-electron chi connectivity index (χ4n) is 2.50. The Morgan fingerprint density at radius 3 is 2.86 bits per heavy atom. The van der Waals surface area contributed by atoms with E-state index in [1.165, 1.54) is 0 Å². The first-order valence-electron chi connectivity index (χ1n) is 7.21. The van der Waals surface area contributed by atoms with Crippen LogP contribution in [0.4, 0.5) is 0 Å². The van der Waals surface area contributed by atoms with Gasteiger partial charge in [-0.25, -0.2) is 4.79 Å². The van der Waals surface area contributed by atoms with E-state index in [1.807, 2.05) is 32.0 Å². The van der Waals surface area contributed by atoms with E-state index in [1.54, 1.807) is 18.3 Å². The highest BCUT2D eigenvalue weighted by Crippen LogP contribution is 2.22. The van der Waals surface area contributed by atoms with Crippen LogP contribution < -0.4 is 5.32 Å². The molecule has 2 aromatic rings. The van der Waals surface area contributed by atoms with E-state index in [4.69, 9.17) is 5.11 Å². The average Bonchev–Trinajstić information content (AvgIpc) is 2.87. The van der Waals surface area contributed by atoms with Crippen molar-refractivity contribution in [2.45, 2.75) is 32.7 Å². The van der Waals surface area contributed by atoms with Crippen molar-refractivity contribution in [3.8, 4) is 0 Å². The van der Waals surface area contributed by atoms with Gasteiger partial charge in [0.15, 0.2) is 0 Å². The number of aromatic nitrogens is 1. The number of aromatic amines is 1. The summed E-state index contributed by atoms with van der Waals surface area (Å²) in [5, 5.41) is 12.7. The van der Waals surface area contributed by atoms with Crippen molar-refractivity contribution in [2.24, 2.45) is 0 Å². The Hall–Kier alpha value is -2.56. The summed E-state index contributed by atoms with van der Waals surface area (Å²) < 4.78 is 0. The van der Waals surface area contributed by atoms with Crippen LogP contribution in [0, 0.1) is 6.92 Å². The van der Waals surface area contributed by atoms with Gasteiger partial charge in [0.1, 0.15) is 6.04 Å². The van der Waals surface area contributed by atoms with Gasteiger partial charge in [-0.15, -0.1) is 0 Å². The van der Waals surface area contributed by atoms with Gasteiger partial charge >= 0.3 is 5.97 Å². The summed E-state index contributed by atoms with van der Waals surface area (Å²) in [7, 11) is 0. The Kier molecular flexibility index (Phi) is 4.99. The van der Waals surface area contributed by atoms with Crippen LogP contribution in [0.3, 0.4) is 0 Å². The number of carboxylic acids is 1. The van der Waals surface area contributed by atoms with Crippen LogP contribution >= 0.6 is 0 Å². The van der Waals surface area contributed by atoms with Gasteiger partial charge in [-0.1, -0.05) is 24.3 Å². The molecular weight excluding hydrogens is 280 g/mol. The quantitative estimate of drug-likeness (QED) is 0.717. The number of H-pyrrole nitrogens is 1. The zero-order chi connectivity index (χ0) is 16.1. The maximum Gasteiger partial charge on any atom is 0.326 e. The van der Waals surface area contributed by atoms with Gasteiger partial charge in [0.05, 0.1) is 6.42 Å². The number of aliphatic carboxylic acids is 1. The van der Waals surface area contributed by atoms with Crippen molar-refractivity contribution in [3.05, 3.63) is 47.7 Å². The largest absolute Gasteiger partial charge is 0.480 e. The number of amides is 1. The average molecular weight is 300 g/mol. The Morgan fingerprint density at radius 2 is 2.18 bits per heavy atom. The number of nitrogens with one attached hydrogen (secondary N) is 2. The molecule has 0 bridgehead atoms. The molecule has 116 valence electrons. The number of fused-ring (bicyclic) bond motifs is 1. The number of aryl methyl sites for hydroxylation is 1. The predicted octanol–water partition coefficient (Wildman–Crippen LogP) is 2.55. The molecule has 0 radical (unpaired) electrons. The summed E-state index contributed by atoms with van der Waals surface area (Å²) >= 11 is 0. The number of carbonyl (C=O) groups excluding carboxylic acids is 1. The van der Waals surface area contributed by atoms with Crippen molar-refractivity contribution >= 4 is 22.8 Å². The molecule has 1 unspecified atom stereocenters. The smallest absolute Gasteiger partial charge is 0.326 e. The highest BCUT2D eigenvalue weighted by atomic mass is 16.4.